The number of piperazine rings is 1. The highest BCUT2D eigenvalue weighted by molar-refractivity contribution is 6.35. The fourth-order valence-electron chi connectivity index (χ4n) is 4.54. The molecule has 1 N–H and O–H groups in total. The first-order valence-electron chi connectivity index (χ1n) is 10.1. The number of carbonyl (C=O) groups is 1. The van der Waals surface area contributed by atoms with E-state index in [4.69, 9.17) is 16.3 Å². The number of benzene rings is 2. The van der Waals surface area contributed by atoms with E-state index in [1.54, 1.807) is 0 Å². The summed E-state index contributed by atoms with van der Waals surface area (Å²) in [5.74, 6) is 0.713. The molecular formula is C23H23ClN4O2. The lowest BCUT2D eigenvalue weighted by atomic mass is 9.95. The monoisotopic (exact) mass is 422 g/mol. The second kappa shape index (κ2) is 7.45. The summed E-state index contributed by atoms with van der Waals surface area (Å²) in [5, 5.41) is 8.89. The molecule has 1 fully saturated rings. The Morgan fingerprint density at radius 1 is 1.33 bits per heavy atom. The summed E-state index contributed by atoms with van der Waals surface area (Å²) < 4.78 is 6.25. The predicted molar refractivity (Wildman–Crippen MR) is 118 cm³/mol. The van der Waals surface area contributed by atoms with Crippen LogP contribution in [0, 0.1) is 6.92 Å². The first-order valence-corrected chi connectivity index (χ1v) is 10.5. The number of hydrogen-bond donors (Lipinski definition) is 1. The summed E-state index contributed by atoms with van der Waals surface area (Å²) in [6.45, 7) is 9.07. The number of nitrogens with zero attached hydrogens (tertiary/aromatic N) is 3. The number of hydrogen-bond acceptors (Lipinski definition) is 4. The molecule has 0 unspecified atom stereocenters. The van der Waals surface area contributed by atoms with Gasteiger partial charge in [0.15, 0.2) is 0 Å². The van der Waals surface area contributed by atoms with Crippen LogP contribution in [0.1, 0.15) is 11.1 Å². The quantitative estimate of drug-likeness (QED) is 0.638. The average molecular weight is 423 g/mol. The zero-order valence-corrected chi connectivity index (χ0v) is 17.6. The van der Waals surface area contributed by atoms with Gasteiger partial charge in [-0.3, -0.25) is 14.8 Å². The van der Waals surface area contributed by atoms with E-state index in [1.807, 2.05) is 17.2 Å². The van der Waals surface area contributed by atoms with Gasteiger partial charge in [0.25, 0.3) is 0 Å². The molecule has 1 amide bonds. The highest BCUT2D eigenvalue weighted by Crippen LogP contribution is 2.43. The number of carbonyl (C=O) groups excluding carboxylic acids is 1. The van der Waals surface area contributed by atoms with Crippen LogP contribution in [0.4, 0.5) is 0 Å². The number of amides is 1. The molecule has 30 heavy (non-hydrogen) atoms. The van der Waals surface area contributed by atoms with Crippen LogP contribution in [0.2, 0.25) is 5.02 Å². The Labute approximate surface area is 180 Å². The third-order valence-corrected chi connectivity index (χ3v) is 6.54. The minimum atomic E-state index is -0.0274. The van der Waals surface area contributed by atoms with Gasteiger partial charge in [-0.2, -0.15) is 5.10 Å². The van der Waals surface area contributed by atoms with Crippen molar-refractivity contribution >= 4 is 28.4 Å². The van der Waals surface area contributed by atoms with Gasteiger partial charge in [0.1, 0.15) is 12.4 Å². The normalized spacial score (nSPS) is 19.0. The molecule has 154 valence electrons. The van der Waals surface area contributed by atoms with Crippen LogP contribution in [0.5, 0.6) is 5.75 Å². The van der Waals surface area contributed by atoms with Crippen molar-refractivity contribution in [3.63, 3.8) is 0 Å². The smallest absolute Gasteiger partial charge is 0.246 e. The van der Waals surface area contributed by atoms with E-state index >= 15 is 0 Å². The number of halogens is 1. The molecule has 7 heteroatoms. The lowest BCUT2D eigenvalue weighted by Crippen LogP contribution is -2.55. The van der Waals surface area contributed by atoms with E-state index in [2.05, 4.69) is 46.8 Å². The maximum atomic E-state index is 12.0. The van der Waals surface area contributed by atoms with Crippen molar-refractivity contribution in [2.45, 2.75) is 19.5 Å². The Morgan fingerprint density at radius 3 is 3.03 bits per heavy atom. The Kier molecular flexibility index (Phi) is 4.76. The standard InChI is InChI=1S/C23H23ClN4O2/c1-3-20(29)28-9-8-27-11-15-5-6-17(22(24)23(15)30-13-16(27)12-28)21-14(2)4-7-19-18(21)10-25-26-19/h3-7,10,16H,1,8-9,11-13H2,2H3,(H,25,26)/t16-/m0/s1. The summed E-state index contributed by atoms with van der Waals surface area (Å²) in [6, 6.07) is 8.43. The van der Waals surface area contributed by atoms with Crippen LogP contribution in [-0.4, -0.2) is 58.2 Å². The highest BCUT2D eigenvalue weighted by Gasteiger charge is 2.33. The van der Waals surface area contributed by atoms with E-state index in [0.717, 1.165) is 52.0 Å². The van der Waals surface area contributed by atoms with Crippen LogP contribution in [-0.2, 0) is 11.3 Å². The minimum Gasteiger partial charge on any atom is -0.490 e. The third-order valence-electron chi connectivity index (χ3n) is 6.16. The van der Waals surface area contributed by atoms with Crippen LogP contribution in [0.15, 0.2) is 43.1 Å². The van der Waals surface area contributed by atoms with Gasteiger partial charge in [0, 0.05) is 42.7 Å². The fraction of sp³-hybridized carbons (Fsp3) is 0.304. The molecule has 0 spiro atoms. The van der Waals surface area contributed by atoms with E-state index in [0.29, 0.717) is 24.7 Å². The number of aromatic amines is 1. The zero-order valence-electron chi connectivity index (χ0n) is 16.8. The number of H-pyrrole nitrogens is 1. The molecule has 6 nitrogen and oxygen atoms in total. The average Bonchev–Trinajstić information content (AvgIpc) is 3.14. The molecule has 0 radical (unpaired) electrons. The minimum absolute atomic E-state index is 0.0274. The van der Waals surface area contributed by atoms with Crippen molar-refractivity contribution in [3.05, 3.63) is 59.3 Å². The van der Waals surface area contributed by atoms with Gasteiger partial charge in [-0.25, -0.2) is 0 Å². The van der Waals surface area contributed by atoms with Crippen LogP contribution in [0.25, 0.3) is 22.0 Å². The molecule has 1 aromatic heterocycles. The summed E-state index contributed by atoms with van der Waals surface area (Å²) in [5.41, 5.74) is 5.21. The van der Waals surface area contributed by atoms with Gasteiger partial charge in [-0.15, -0.1) is 0 Å². The third kappa shape index (κ3) is 3.07. The molecular weight excluding hydrogens is 400 g/mol. The summed E-state index contributed by atoms with van der Waals surface area (Å²) in [7, 11) is 0. The summed E-state index contributed by atoms with van der Waals surface area (Å²) >= 11 is 6.92. The second-order valence-corrected chi connectivity index (χ2v) is 8.31. The zero-order chi connectivity index (χ0) is 20.8. The first-order chi connectivity index (χ1) is 14.6. The summed E-state index contributed by atoms with van der Waals surface area (Å²) in [4.78, 5) is 16.2. The van der Waals surface area contributed by atoms with Gasteiger partial charge in [-0.1, -0.05) is 36.4 Å². The van der Waals surface area contributed by atoms with E-state index in [-0.39, 0.29) is 11.9 Å². The van der Waals surface area contributed by atoms with Crippen LogP contribution >= 0.6 is 11.6 Å². The van der Waals surface area contributed by atoms with Crippen molar-refractivity contribution in [2.24, 2.45) is 0 Å². The SMILES string of the molecule is C=CC(=O)N1CCN2Cc3ccc(-c4c(C)ccc5[nH]ncc45)c(Cl)c3OC[C@@H]2C1. The Morgan fingerprint density at radius 2 is 2.20 bits per heavy atom. The molecule has 3 heterocycles. The molecule has 0 aliphatic carbocycles. The molecule has 2 aliphatic heterocycles. The topological polar surface area (TPSA) is 61.5 Å². The van der Waals surface area contributed by atoms with Crippen molar-refractivity contribution in [3.8, 4) is 16.9 Å². The maximum Gasteiger partial charge on any atom is 0.246 e. The molecule has 1 atom stereocenters. The lowest BCUT2D eigenvalue weighted by molar-refractivity contribution is -0.129. The van der Waals surface area contributed by atoms with Crippen molar-refractivity contribution in [1.29, 1.82) is 0 Å². The molecule has 2 aliphatic rings. The highest BCUT2D eigenvalue weighted by atomic mass is 35.5. The Balaban J connectivity index is 1.51. The Bertz CT molecular complexity index is 1160. The van der Waals surface area contributed by atoms with Crippen molar-refractivity contribution < 1.29 is 9.53 Å². The number of nitrogens with one attached hydrogen (secondary N) is 1. The number of ether oxygens (including phenoxy) is 1. The predicted octanol–water partition coefficient (Wildman–Crippen LogP) is 3.78. The second-order valence-electron chi connectivity index (χ2n) is 7.93. The van der Waals surface area contributed by atoms with Crippen LogP contribution < -0.4 is 4.74 Å². The Hall–Kier alpha value is -2.83. The molecule has 3 aromatic rings. The van der Waals surface area contributed by atoms with Gasteiger partial charge >= 0.3 is 0 Å². The van der Waals surface area contributed by atoms with Gasteiger partial charge < -0.3 is 9.64 Å². The molecule has 0 saturated carbocycles. The van der Waals surface area contributed by atoms with Gasteiger partial charge in [0.05, 0.1) is 22.8 Å². The van der Waals surface area contributed by atoms with Crippen molar-refractivity contribution in [1.82, 2.24) is 20.0 Å². The van der Waals surface area contributed by atoms with E-state index < -0.39 is 0 Å². The van der Waals surface area contributed by atoms with Crippen molar-refractivity contribution in [2.75, 3.05) is 26.2 Å². The van der Waals surface area contributed by atoms with E-state index in [9.17, 15) is 4.79 Å². The molecule has 0 bridgehead atoms. The summed E-state index contributed by atoms with van der Waals surface area (Å²) in [6.07, 6.45) is 3.22. The maximum absolute atomic E-state index is 12.0. The lowest BCUT2D eigenvalue weighted by Gasteiger charge is -2.39. The van der Waals surface area contributed by atoms with Crippen LogP contribution in [0.3, 0.4) is 0 Å². The molecule has 1 saturated heterocycles. The van der Waals surface area contributed by atoms with Gasteiger partial charge in [-0.05, 0) is 30.2 Å². The fourth-order valence-corrected chi connectivity index (χ4v) is 4.87. The van der Waals surface area contributed by atoms with Gasteiger partial charge in [0.2, 0.25) is 5.91 Å². The number of aromatic nitrogens is 2. The molecule has 5 rings (SSSR count). The number of rotatable bonds is 2. The number of aryl methyl sites for hydroxylation is 1. The largest absolute Gasteiger partial charge is 0.490 e. The van der Waals surface area contributed by atoms with E-state index in [1.165, 1.54) is 6.08 Å². The molecule has 2 aromatic carbocycles. The number of fused-ring (bicyclic) bond motifs is 3. The first kappa shape index (κ1) is 19.2.